The zero-order valence-corrected chi connectivity index (χ0v) is 6.91. The van der Waals surface area contributed by atoms with Crippen molar-refractivity contribution in [3.05, 3.63) is 0 Å². The maximum Gasteiger partial charge on any atom is -0.00696 e. The molecular formula is C7H16S. The first-order valence-electron chi connectivity index (χ1n) is 3.33. The van der Waals surface area contributed by atoms with Crippen molar-refractivity contribution in [1.29, 1.82) is 0 Å². The quantitative estimate of drug-likeness (QED) is 0.561. The largest absolute Gasteiger partial charge is 0.179 e. The highest BCUT2D eigenvalue weighted by Crippen LogP contribution is 2.14. The standard InChI is InChI=1S/C7H16S/c1-4-6(2)7(3)5-8/h6-8H,4-5H2,1-3H3/t6-,7+/m1/s1. The second-order valence-corrected chi connectivity index (χ2v) is 2.91. The van der Waals surface area contributed by atoms with Gasteiger partial charge in [-0.25, -0.2) is 0 Å². The van der Waals surface area contributed by atoms with Crippen molar-refractivity contribution in [3.8, 4) is 0 Å². The highest BCUT2D eigenvalue weighted by Gasteiger charge is 2.06. The monoisotopic (exact) mass is 132 g/mol. The van der Waals surface area contributed by atoms with Gasteiger partial charge in [-0.15, -0.1) is 0 Å². The minimum Gasteiger partial charge on any atom is -0.179 e. The van der Waals surface area contributed by atoms with Crippen molar-refractivity contribution in [2.24, 2.45) is 11.8 Å². The summed E-state index contributed by atoms with van der Waals surface area (Å²) in [6.07, 6.45) is 1.28. The summed E-state index contributed by atoms with van der Waals surface area (Å²) >= 11 is 4.21. The zero-order chi connectivity index (χ0) is 6.57. The molecule has 0 nitrogen and oxygen atoms in total. The summed E-state index contributed by atoms with van der Waals surface area (Å²) in [7, 11) is 0. The van der Waals surface area contributed by atoms with E-state index in [9.17, 15) is 0 Å². The third kappa shape index (κ3) is 2.61. The van der Waals surface area contributed by atoms with Gasteiger partial charge < -0.3 is 0 Å². The van der Waals surface area contributed by atoms with Crippen LogP contribution in [-0.2, 0) is 0 Å². The molecule has 0 aromatic carbocycles. The Morgan fingerprint density at radius 2 is 1.75 bits per heavy atom. The van der Waals surface area contributed by atoms with E-state index in [1.807, 2.05) is 0 Å². The predicted octanol–water partition coefficient (Wildman–Crippen LogP) is 2.60. The third-order valence-electron chi connectivity index (χ3n) is 1.90. The summed E-state index contributed by atoms with van der Waals surface area (Å²) in [5.41, 5.74) is 0. The number of hydrogen-bond acceptors (Lipinski definition) is 1. The van der Waals surface area contributed by atoms with Gasteiger partial charge in [0.2, 0.25) is 0 Å². The van der Waals surface area contributed by atoms with Crippen LogP contribution in [0.5, 0.6) is 0 Å². The van der Waals surface area contributed by atoms with Crippen LogP contribution in [-0.4, -0.2) is 5.75 Å². The van der Waals surface area contributed by atoms with Crippen molar-refractivity contribution < 1.29 is 0 Å². The molecule has 8 heavy (non-hydrogen) atoms. The Morgan fingerprint density at radius 3 is 1.88 bits per heavy atom. The minimum atomic E-state index is 0.781. The van der Waals surface area contributed by atoms with E-state index in [-0.39, 0.29) is 0 Å². The second-order valence-electron chi connectivity index (χ2n) is 2.55. The second kappa shape index (κ2) is 4.25. The highest BCUT2D eigenvalue weighted by molar-refractivity contribution is 7.80. The van der Waals surface area contributed by atoms with Crippen molar-refractivity contribution in [1.82, 2.24) is 0 Å². The van der Waals surface area contributed by atoms with E-state index >= 15 is 0 Å². The van der Waals surface area contributed by atoms with Crippen LogP contribution in [0.15, 0.2) is 0 Å². The number of hydrogen-bond donors (Lipinski definition) is 1. The summed E-state index contributed by atoms with van der Waals surface area (Å²) in [6.45, 7) is 6.76. The lowest BCUT2D eigenvalue weighted by Gasteiger charge is -2.14. The van der Waals surface area contributed by atoms with Gasteiger partial charge in [0.15, 0.2) is 0 Å². The summed E-state index contributed by atoms with van der Waals surface area (Å²) in [5, 5.41) is 0. The fraction of sp³-hybridized carbons (Fsp3) is 1.00. The van der Waals surface area contributed by atoms with Crippen LogP contribution in [0, 0.1) is 11.8 Å². The summed E-state index contributed by atoms with van der Waals surface area (Å²) in [4.78, 5) is 0. The van der Waals surface area contributed by atoms with Crippen molar-refractivity contribution in [2.75, 3.05) is 5.75 Å². The average molecular weight is 132 g/mol. The smallest absolute Gasteiger partial charge is 0.00696 e. The molecule has 0 saturated carbocycles. The molecule has 0 aromatic rings. The van der Waals surface area contributed by atoms with Gasteiger partial charge in [0.25, 0.3) is 0 Å². The molecule has 0 rings (SSSR count). The summed E-state index contributed by atoms with van der Waals surface area (Å²) in [6, 6.07) is 0. The Labute approximate surface area is 58.1 Å². The normalized spacial score (nSPS) is 18.0. The SMILES string of the molecule is CC[C@@H](C)[C@@H](C)CS. The van der Waals surface area contributed by atoms with Gasteiger partial charge in [-0.3, -0.25) is 0 Å². The Kier molecular flexibility index (Phi) is 4.44. The number of thiol groups is 1. The van der Waals surface area contributed by atoms with Crippen LogP contribution in [0.4, 0.5) is 0 Å². The third-order valence-corrected chi connectivity index (χ3v) is 2.48. The molecule has 2 atom stereocenters. The van der Waals surface area contributed by atoms with Crippen LogP contribution in [0.1, 0.15) is 27.2 Å². The first kappa shape index (κ1) is 8.35. The Hall–Kier alpha value is 0.350. The van der Waals surface area contributed by atoms with Gasteiger partial charge in [0, 0.05) is 0 Å². The molecule has 0 radical (unpaired) electrons. The van der Waals surface area contributed by atoms with Crippen molar-refractivity contribution in [3.63, 3.8) is 0 Å². The Balaban J connectivity index is 3.29. The predicted molar refractivity (Wildman–Crippen MR) is 42.5 cm³/mol. The van der Waals surface area contributed by atoms with Gasteiger partial charge in [0.1, 0.15) is 0 Å². The molecular weight excluding hydrogens is 116 g/mol. The summed E-state index contributed by atoms with van der Waals surface area (Å²) in [5.74, 6) is 2.64. The van der Waals surface area contributed by atoms with Crippen molar-refractivity contribution in [2.45, 2.75) is 27.2 Å². The lowest BCUT2D eigenvalue weighted by atomic mass is 9.96. The van der Waals surface area contributed by atoms with Gasteiger partial charge >= 0.3 is 0 Å². The maximum absolute atomic E-state index is 4.21. The molecule has 0 aromatic heterocycles. The zero-order valence-electron chi connectivity index (χ0n) is 6.02. The van der Waals surface area contributed by atoms with Gasteiger partial charge in [0.05, 0.1) is 0 Å². The lowest BCUT2D eigenvalue weighted by molar-refractivity contribution is 0.414. The van der Waals surface area contributed by atoms with Crippen LogP contribution in [0.25, 0.3) is 0 Å². The van der Waals surface area contributed by atoms with Gasteiger partial charge in [-0.2, -0.15) is 12.6 Å². The average Bonchev–Trinajstić information content (AvgIpc) is 1.84. The van der Waals surface area contributed by atoms with Crippen molar-refractivity contribution >= 4 is 12.6 Å². The molecule has 0 aliphatic rings. The molecule has 50 valence electrons. The molecule has 0 heterocycles. The molecule has 0 aliphatic carbocycles. The number of rotatable bonds is 3. The van der Waals surface area contributed by atoms with E-state index in [0.717, 1.165) is 17.6 Å². The van der Waals surface area contributed by atoms with E-state index in [1.165, 1.54) is 6.42 Å². The highest BCUT2D eigenvalue weighted by atomic mass is 32.1. The Morgan fingerprint density at radius 1 is 1.25 bits per heavy atom. The van der Waals surface area contributed by atoms with E-state index < -0.39 is 0 Å². The topological polar surface area (TPSA) is 0 Å². The minimum absolute atomic E-state index is 0.781. The van der Waals surface area contributed by atoms with E-state index in [0.29, 0.717) is 0 Å². The molecule has 0 saturated heterocycles. The van der Waals surface area contributed by atoms with E-state index in [1.54, 1.807) is 0 Å². The molecule has 0 bridgehead atoms. The molecule has 0 unspecified atom stereocenters. The molecule has 0 fully saturated rings. The van der Waals surface area contributed by atoms with Gasteiger partial charge in [-0.1, -0.05) is 27.2 Å². The first-order chi connectivity index (χ1) is 3.72. The molecule has 1 heteroatoms. The van der Waals surface area contributed by atoms with E-state index in [4.69, 9.17) is 0 Å². The summed E-state index contributed by atoms with van der Waals surface area (Å²) < 4.78 is 0. The van der Waals surface area contributed by atoms with Crippen LogP contribution in [0.3, 0.4) is 0 Å². The van der Waals surface area contributed by atoms with Crippen LogP contribution in [0.2, 0.25) is 0 Å². The Bertz CT molecular complexity index is 44.3. The molecule has 0 spiro atoms. The molecule has 0 amide bonds. The fourth-order valence-corrected chi connectivity index (χ4v) is 0.942. The fourth-order valence-electron chi connectivity index (χ4n) is 0.582. The maximum atomic E-state index is 4.21. The molecule has 0 aliphatic heterocycles. The van der Waals surface area contributed by atoms with Crippen LogP contribution < -0.4 is 0 Å². The van der Waals surface area contributed by atoms with Crippen LogP contribution >= 0.6 is 12.6 Å². The lowest BCUT2D eigenvalue weighted by Crippen LogP contribution is -2.07. The molecule has 0 N–H and O–H groups in total. The van der Waals surface area contributed by atoms with E-state index in [2.05, 4.69) is 33.4 Å². The first-order valence-corrected chi connectivity index (χ1v) is 3.96. The van der Waals surface area contributed by atoms with Gasteiger partial charge in [-0.05, 0) is 17.6 Å².